The molecule has 0 aliphatic rings. The van der Waals surface area contributed by atoms with Crippen molar-refractivity contribution in [2.24, 2.45) is 0 Å². The van der Waals surface area contributed by atoms with E-state index in [1.54, 1.807) is 0 Å². The summed E-state index contributed by atoms with van der Waals surface area (Å²) in [6, 6.07) is 9.44. The van der Waals surface area contributed by atoms with Crippen LogP contribution in [-0.4, -0.2) is 10.9 Å². The number of hydrogen-bond acceptors (Lipinski definition) is 2. The first-order valence-corrected chi connectivity index (χ1v) is 6.62. The highest BCUT2D eigenvalue weighted by Crippen LogP contribution is 2.14. The molecule has 0 radical (unpaired) electrons. The van der Waals surface area contributed by atoms with Gasteiger partial charge in [-0.2, -0.15) is 0 Å². The predicted molar refractivity (Wildman–Crippen MR) is 78.8 cm³/mol. The molecule has 0 fully saturated rings. The SMILES string of the molecule is CC(C)c1ccc(CNC(=O)c2c[nH]ccc2=O)cc1. The zero-order chi connectivity index (χ0) is 14.5. The molecule has 0 aliphatic heterocycles. The van der Waals surface area contributed by atoms with Crippen LogP contribution in [0.3, 0.4) is 0 Å². The highest BCUT2D eigenvalue weighted by Gasteiger charge is 2.08. The van der Waals surface area contributed by atoms with E-state index in [2.05, 4.69) is 36.3 Å². The molecule has 0 atom stereocenters. The van der Waals surface area contributed by atoms with E-state index in [0.717, 1.165) is 5.56 Å². The maximum Gasteiger partial charge on any atom is 0.257 e. The van der Waals surface area contributed by atoms with Crippen LogP contribution >= 0.6 is 0 Å². The maximum atomic E-state index is 11.9. The van der Waals surface area contributed by atoms with Crippen LogP contribution in [0, 0.1) is 0 Å². The Bertz CT molecular complexity index is 642. The minimum Gasteiger partial charge on any atom is -0.367 e. The second-order valence-corrected chi connectivity index (χ2v) is 5.00. The molecule has 0 unspecified atom stereocenters. The van der Waals surface area contributed by atoms with Gasteiger partial charge in [0.1, 0.15) is 5.56 Å². The number of H-pyrrole nitrogens is 1. The average molecular weight is 270 g/mol. The summed E-state index contributed by atoms with van der Waals surface area (Å²) in [5.74, 6) is 0.126. The van der Waals surface area contributed by atoms with Crippen LogP contribution in [0.1, 0.15) is 41.3 Å². The van der Waals surface area contributed by atoms with E-state index in [1.165, 1.54) is 24.0 Å². The normalized spacial score (nSPS) is 10.6. The Hall–Kier alpha value is -2.36. The maximum absolute atomic E-state index is 11.9. The van der Waals surface area contributed by atoms with Crippen molar-refractivity contribution in [3.63, 3.8) is 0 Å². The van der Waals surface area contributed by atoms with Crippen molar-refractivity contribution in [3.8, 4) is 0 Å². The van der Waals surface area contributed by atoms with Gasteiger partial charge >= 0.3 is 0 Å². The lowest BCUT2D eigenvalue weighted by molar-refractivity contribution is 0.0949. The summed E-state index contributed by atoms with van der Waals surface area (Å²) in [7, 11) is 0. The quantitative estimate of drug-likeness (QED) is 0.896. The number of rotatable bonds is 4. The number of hydrogen-bond donors (Lipinski definition) is 2. The summed E-state index contributed by atoms with van der Waals surface area (Å²) in [5, 5.41) is 2.75. The minimum absolute atomic E-state index is 0.131. The van der Waals surface area contributed by atoms with Gasteiger partial charge in [-0.3, -0.25) is 9.59 Å². The summed E-state index contributed by atoms with van der Waals surface area (Å²) in [5.41, 5.74) is 2.12. The van der Waals surface area contributed by atoms with Gasteiger partial charge in [-0.15, -0.1) is 0 Å². The van der Waals surface area contributed by atoms with Gasteiger partial charge in [-0.05, 0) is 17.0 Å². The molecule has 0 aliphatic carbocycles. The van der Waals surface area contributed by atoms with Crippen LogP contribution in [0.15, 0.2) is 47.5 Å². The number of carbonyl (C=O) groups excluding carboxylic acids is 1. The van der Waals surface area contributed by atoms with E-state index < -0.39 is 0 Å². The predicted octanol–water partition coefficient (Wildman–Crippen LogP) is 2.43. The first kappa shape index (κ1) is 14.1. The highest BCUT2D eigenvalue weighted by atomic mass is 16.2. The monoisotopic (exact) mass is 270 g/mol. The Morgan fingerprint density at radius 1 is 1.20 bits per heavy atom. The van der Waals surface area contributed by atoms with E-state index >= 15 is 0 Å². The molecule has 1 aromatic carbocycles. The van der Waals surface area contributed by atoms with Gasteiger partial charge in [0.05, 0.1) is 0 Å². The molecular formula is C16H18N2O2. The first-order valence-electron chi connectivity index (χ1n) is 6.62. The van der Waals surface area contributed by atoms with Crippen LogP contribution in [0.4, 0.5) is 0 Å². The third-order valence-electron chi connectivity index (χ3n) is 3.17. The van der Waals surface area contributed by atoms with Crippen molar-refractivity contribution >= 4 is 5.91 Å². The molecule has 2 rings (SSSR count). The van der Waals surface area contributed by atoms with Gasteiger partial charge in [0.25, 0.3) is 5.91 Å². The topological polar surface area (TPSA) is 62.0 Å². The van der Waals surface area contributed by atoms with Gasteiger partial charge in [0.15, 0.2) is 5.43 Å². The standard InChI is InChI=1S/C16H18N2O2/c1-11(2)13-5-3-12(4-6-13)9-18-16(20)14-10-17-8-7-15(14)19/h3-8,10-11H,9H2,1-2H3,(H,17,19)(H,18,20). The van der Waals surface area contributed by atoms with E-state index in [9.17, 15) is 9.59 Å². The molecule has 1 amide bonds. The summed E-state index contributed by atoms with van der Waals surface area (Å²) < 4.78 is 0. The van der Waals surface area contributed by atoms with Crippen molar-refractivity contribution < 1.29 is 4.79 Å². The number of nitrogens with one attached hydrogen (secondary N) is 2. The number of pyridine rings is 1. The Kier molecular flexibility index (Phi) is 4.35. The fourth-order valence-corrected chi connectivity index (χ4v) is 1.89. The number of carbonyl (C=O) groups is 1. The molecule has 1 aromatic heterocycles. The molecule has 2 aromatic rings. The number of aromatic amines is 1. The Labute approximate surface area is 117 Å². The summed E-state index contributed by atoms with van der Waals surface area (Å²) in [6.07, 6.45) is 2.92. The van der Waals surface area contributed by atoms with Crippen LogP contribution in [-0.2, 0) is 6.54 Å². The van der Waals surface area contributed by atoms with E-state index in [-0.39, 0.29) is 16.9 Å². The van der Waals surface area contributed by atoms with Crippen molar-refractivity contribution in [3.05, 3.63) is 69.6 Å². The Morgan fingerprint density at radius 3 is 2.50 bits per heavy atom. The van der Waals surface area contributed by atoms with Crippen LogP contribution < -0.4 is 10.7 Å². The zero-order valence-corrected chi connectivity index (χ0v) is 11.6. The Balaban J connectivity index is 2.00. The number of aromatic nitrogens is 1. The largest absolute Gasteiger partial charge is 0.367 e. The Morgan fingerprint density at radius 2 is 1.90 bits per heavy atom. The van der Waals surface area contributed by atoms with E-state index in [0.29, 0.717) is 12.5 Å². The lowest BCUT2D eigenvalue weighted by Gasteiger charge is -2.08. The van der Waals surface area contributed by atoms with Gasteiger partial charge in [0, 0.05) is 25.0 Å². The van der Waals surface area contributed by atoms with Crippen molar-refractivity contribution in [1.82, 2.24) is 10.3 Å². The van der Waals surface area contributed by atoms with Gasteiger partial charge < -0.3 is 10.3 Å². The van der Waals surface area contributed by atoms with Crippen LogP contribution in [0.2, 0.25) is 0 Å². The molecule has 0 bridgehead atoms. The number of amides is 1. The van der Waals surface area contributed by atoms with Crippen molar-refractivity contribution in [2.45, 2.75) is 26.3 Å². The van der Waals surface area contributed by atoms with Crippen LogP contribution in [0.5, 0.6) is 0 Å². The summed E-state index contributed by atoms with van der Waals surface area (Å²) >= 11 is 0. The third kappa shape index (κ3) is 3.35. The molecule has 104 valence electrons. The summed E-state index contributed by atoms with van der Waals surface area (Å²) in [6.45, 7) is 4.68. The molecule has 4 nitrogen and oxygen atoms in total. The zero-order valence-electron chi connectivity index (χ0n) is 11.6. The van der Waals surface area contributed by atoms with Crippen LogP contribution in [0.25, 0.3) is 0 Å². The molecule has 1 heterocycles. The fraction of sp³-hybridized carbons (Fsp3) is 0.250. The molecule has 20 heavy (non-hydrogen) atoms. The highest BCUT2D eigenvalue weighted by molar-refractivity contribution is 5.93. The molecule has 4 heteroatoms. The van der Waals surface area contributed by atoms with Crippen molar-refractivity contribution in [1.29, 1.82) is 0 Å². The molecule has 0 spiro atoms. The molecule has 0 saturated heterocycles. The number of benzene rings is 1. The van der Waals surface area contributed by atoms with Gasteiger partial charge in [-0.25, -0.2) is 0 Å². The first-order chi connectivity index (χ1) is 9.58. The second-order valence-electron chi connectivity index (χ2n) is 5.00. The fourth-order valence-electron chi connectivity index (χ4n) is 1.89. The second kappa shape index (κ2) is 6.19. The smallest absolute Gasteiger partial charge is 0.257 e. The lowest BCUT2D eigenvalue weighted by Crippen LogP contribution is -2.27. The molecule has 0 saturated carbocycles. The van der Waals surface area contributed by atoms with Gasteiger partial charge in [-0.1, -0.05) is 38.1 Å². The van der Waals surface area contributed by atoms with Gasteiger partial charge in [0.2, 0.25) is 0 Å². The summed E-state index contributed by atoms with van der Waals surface area (Å²) in [4.78, 5) is 26.1. The average Bonchev–Trinajstić information content (AvgIpc) is 2.45. The minimum atomic E-state index is -0.361. The van der Waals surface area contributed by atoms with E-state index in [1.807, 2.05) is 12.1 Å². The van der Waals surface area contributed by atoms with E-state index in [4.69, 9.17) is 0 Å². The molecule has 2 N–H and O–H groups in total. The lowest BCUT2D eigenvalue weighted by atomic mass is 10.0. The van der Waals surface area contributed by atoms with Crippen molar-refractivity contribution in [2.75, 3.05) is 0 Å². The molecular weight excluding hydrogens is 252 g/mol. The third-order valence-corrected chi connectivity index (χ3v) is 3.17.